The van der Waals surface area contributed by atoms with E-state index in [1.807, 2.05) is 12.2 Å². The standard InChI is InChI=1S/C14H24/c1-9-11(13(3,4)5)12(10-2)14(6,7)8/h9-10H,1-2H2,3-8H3/b12-11-. The quantitative estimate of drug-likeness (QED) is 0.554. The summed E-state index contributed by atoms with van der Waals surface area (Å²) >= 11 is 0. The lowest BCUT2D eigenvalue weighted by molar-refractivity contribution is 0.463. The smallest absolute Gasteiger partial charge is 0.0129 e. The van der Waals surface area contributed by atoms with Gasteiger partial charge in [-0.05, 0) is 22.0 Å². The van der Waals surface area contributed by atoms with Crippen molar-refractivity contribution in [2.75, 3.05) is 0 Å². The van der Waals surface area contributed by atoms with Crippen LogP contribution in [0.25, 0.3) is 0 Å². The van der Waals surface area contributed by atoms with Crippen molar-refractivity contribution >= 4 is 0 Å². The molecule has 0 unspecified atom stereocenters. The fourth-order valence-electron chi connectivity index (χ4n) is 1.64. The van der Waals surface area contributed by atoms with Crippen LogP contribution in [0.2, 0.25) is 0 Å². The third-order valence-corrected chi connectivity index (χ3v) is 2.31. The van der Waals surface area contributed by atoms with E-state index in [2.05, 4.69) is 54.7 Å². The molecular weight excluding hydrogens is 168 g/mol. The van der Waals surface area contributed by atoms with E-state index in [-0.39, 0.29) is 10.8 Å². The third kappa shape index (κ3) is 3.17. The first-order valence-corrected chi connectivity index (χ1v) is 5.14. The van der Waals surface area contributed by atoms with Crippen LogP contribution in [0.3, 0.4) is 0 Å². The van der Waals surface area contributed by atoms with Crippen molar-refractivity contribution in [2.24, 2.45) is 10.8 Å². The summed E-state index contributed by atoms with van der Waals surface area (Å²) in [6.07, 6.45) is 3.92. The predicted molar refractivity (Wildman–Crippen MR) is 66.3 cm³/mol. The van der Waals surface area contributed by atoms with Crippen LogP contribution in [-0.4, -0.2) is 0 Å². The molecule has 0 aliphatic heterocycles. The lowest BCUT2D eigenvalue weighted by Gasteiger charge is -2.30. The SMILES string of the molecule is C=C/C(=C(\C=C)C(C)(C)C)C(C)(C)C. The minimum Gasteiger partial charge on any atom is -0.0988 e. The molecule has 0 aliphatic carbocycles. The average molecular weight is 192 g/mol. The summed E-state index contributed by atoms with van der Waals surface area (Å²) in [5.74, 6) is 0. The monoisotopic (exact) mass is 192 g/mol. The van der Waals surface area contributed by atoms with Crippen LogP contribution in [0.1, 0.15) is 41.5 Å². The highest BCUT2D eigenvalue weighted by Crippen LogP contribution is 2.37. The minimum absolute atomic E-state index is 0.137. The Balaban J connectivity index is 5.60. The van der Waals surface area contributed by atoms with Crippen LogP contribution in [0.5, 0.6) is 0 Å². The molecule has 0 aromatic carbocycles. The summed E-state index contributed by atoms with van der Waals surface area (Å²) < 4.78 is 0. The van der Waals surface area contributed by atoms with Crippen molar-refractivity contribution in [1.82, 2.24) is 0 Å². The number of rotatable bonds is 2. The van der Waals surface area contributed by atoms with Gasteiger partial charge in [0.25, 0.3) is 0 Å². The van der Waals surface area contributed by atoms with Gasteiger partial charge in [0.1, 0.15) is 0 Å². The zero-order valence-corrected chi connectivity index (χ0v) is 10.6. The molecule has 0 aromatic rings. The Hall–Kier alpha value is -0.780. The molecule has 0 aliphatic rings. The molecular formula is C14H24. The highest BCUT2D eigenvalue weighted by atomic mass is 14.3. The minimum atomic E-state index is 0.137. The van der Waals surface area contributed by atoms with Crippen molar-refractivity contribution in [2.45, 2.75) is 41.5 Å². The first-order chi connectivity index (χ1) is 6.14. The summed E-state index contributed by atoms with van der Waals surface area (Å²) in [5, 5.41) is 0. The summed E-state index contributed by atoms with van der Waals surface area (Å²) in [7, 11) is 0. The highest BCUT2D eigenvalue weighted by molar-refractivity contribution is 5.38. The average Bonchev–Trinajstić information content (AvgIpc) is 1.94. The van der Waals surface area contributed by atoms with E-state index >= 15 is 0 Å². The third-order valence-electron chi connectivity index (χ3n) is 2.31. The van der Waals surface area contributed by atoms with E-state index in [0.717, 1.165) is 0 Å². The van der Waals surface area contributed by atoms with Crippen molar-refractivity contribution in [1.29, 1.82) is 0 Å². The Morgan fingerprint density at radius 2 is 0.929 bits per heavy atom. The Morgan fingerprint density at radius 3 is 1.00 bits per heavy atom. The van der Waals surface area contributed by atoms with Gasteiger partial charge in [0.15, 0.2) is 0 Å². The maximum atomic E-state index is 3.90. The molecule has 0 heteroatoms. The van der Waals surface area contributed by atoms with Gasteiger partial charge in [-0.2, -0.15) is 0 Å². The zero-order chi connectivity index (χ0) is 11.6. The fourth-order valence-corrected chi connectivity index (χ4v) is 1.64. The van der Waals surface area contributed by atoms with Gasteiger partial charge in [0, 0.05) is 0 Å². The maximum absolute atomic E-state index is 3.90. The molecule has 0 atom stereocenters. The Bertz CT molecular complexity index is 223. The first-order valence-electron chi connectivity index (χ1n) is 5.14. The largest absolute Gasteiger partial charge is 0.0988 e. The molecule has 0 spiro atoms. The summed E-state index contributed by atoms with van der Waals surface area (Å²) in [6, 6.07) is 0. The molecule has 0 fully saturated rings. The van der Waals surface area contributed by atoms with E-state index in [1.54, 1.807) is 0 Å². The molecule has 0 bridgehead atoms. The van der Waals surface area contributed by atoms with E-state index in [0.29, 0.717) is 0 Å². The summed E-state index contributed by atoms with van der Waals surface area (Å²) in [4.78, 5) is 0. The second-order valence-corrected chi connectivity index (χ2v) is 5.74. The topological polar surface area (TPSA) is 0 Å². The molecule has 0 nitrogen and oxygen atoms in total. The molecule has 0 rings (SSSR count). The van der Waals surface area contributed by atoms with Gasteiger partial charge in [0.05, 0.1) is 0 Å². The van der Waals surface area contributed by atoms with E-state index < -0.39 is 0 Å². The number of allylic oxidation sites excluding steroid dienone is 4. The van der Waals surface area contributed by atoms with Gasteiger partial charge in [-0.25, -0.2) is 0 Å². The van der Waals surface area contributed by atoms with E-state index in [9.17, 15) is 0 Å². The predicted octanol–water partition coefficient (Wildman–Crippen LogP) is 4.75. The van der Waals surface area contributed by atoms with Gasteiger partial charge < -0.3 is 0 Å². The molecule has 0 amide bonds. The fraction of sp³-hybridized carbons (Fsp3) is 0.571. The Labute approximate surface area is 89.4 Å². The first kappa shape index (κ1) is 13.2. The van der Waals surface area contributed by atoms with Crippen LogP contribution in [0.4, 0.5) is 0 Å². The Morgan fingerprint density at radius 1 is 0.714 bits per heavy atom. The van der Waals surface area contributed by atoms with Crippen molar-refractivity contribution < 1.29 is 0 Å². The van der Waals surface area contributed by atoms with Crippen molar-refractivity contribution in [3.63, 3.8) is 0 Å². The molecule has 0 saturated carbocycles. The molecule has 0 heterocycles. The number of hydrogen-bond donors (Lipinski definition) is 0. The van der Waals surface area contributed by atoms with E-state index in [4.69, 9.17) is 0 Å². The van der Waals surface area contributed by atoms with Crippen LogP contribution in [0.15, 0.2) is 36.5 Å². The normalized spacial score (nSPS) is 14.7. The summed E-state index contributed by atoms with van der Waals surface area (Å²) in [5.41, 5.74) is 2.86. The molecule has 14 heavy (non-hydrogen) atoms. The second kappa shape index (κ2) is 4.16. The zero-order valence-electron chi connectivity index (χ0n) is 10.6. The maximum Gasteiger partial charge on any atom is -0.0129 e. The van der Waals surface area contributed by atoms with Gasteiger partial charge in [-0.1, -0.05) is 66.9 Å². The highest BCUT2D eigenvalue weighted by Gasteiger charge is 2.24. The van der Waals surface area contributed by atoms with Gasteiger partial charge in [0.2, 0.25) is 0 Å². The van der Waals surface area contributed by atoms with Gasteiger partial charge in [-0.15, -0.1) is 0 Å². The van der Waals surface area contributed by atoms with Crippen LogP contribution in [0, 0.1) is 10.8 Å². The van der Waals surface area contributed by atoms with Crippen LogP contribution < -0.4 is 0 Å². The lowest BCUT2D eigenvalue weighted by atomic mass is 9.75. The summed E-state index contributed by atoms with van der Waals surface area (Å²) in [6.45, 7) is 21.1. The van der Waals surface area contributed by atoms with Crippen molar-refractivity contribution in [3.05, 3.63) is 36.5 Å². The molecule has 0 aromatic heterocycles. The lowest BCUT2D eigenvalue weighted by Crippen LogP contribution is -2.17. The van der Waals surface area contributed by atoms with Gasteiger partial charge >= 0.3 is 0 Å². The van der Waals surface area contributed by atoms with Gasteiger partial charge in [-0.3, -0.25) is 0 Å². The Kier molecular flexibility index (Phi) is 3.93. The molecule has 0 N–H and O–H groups in total. The second-order valence-electron chi connectivity index (χ2n) is 5.74. The van der Waals surface area contributed by atoms with Crippen LogP contribution >= 0.6 is 0 Å². The molecule has 0 radical (unpaired) electrons. The molecule has 80 valence electrons. The molecule has 0 saturated heterocycles. The number of hydrogen-bond acceptors (Lipinski definition) is 0. The van der Waals surface area contributed by atoms with Crippen molar-refractivity contribution in [3.8, 4) is 0 Å². The van der Waals surface area contributed by atoms with E-state index in [1.165, 1.54) is 11.1 Å². The van der Waals surface area contributed by atoms with Crippen LogP contribution in [-0.2, 0) is 0 Å².